The second-order valence-corrected chi connectivity index (χ2v) is 3.73. The summed E-state index contributed by atoms with van der Waals surface area (Å²) in [5, 5.41) is 2.99. The van der Waals surface area contributed by atoms with Crippen molar-refractivity contribution in [2.24, 2.45) is 5.10 Å². The molecule has 1 aromatic heterocycles. The van der Waals surface area contributed by atoms with Crippen molar-refractivity contribution in [2.45, 2.75) is 0 Å². The number of nitrogens with one attached hydrogen (secondary N) is 1. The molecule has 0 aliphatic heterocycles. The summed E-state index contributed by atoms with van der Waals surface area (Å²) in [4.78, 5) is 14.7. The second kappa shape index (κ2) is 13.5. The van der Waals surface area contributed by atoms with Crippen LogP contribution in [0.2, 0.25) is 0 Å². The fourth-order valence-corrected chi connectivity index (χ4v) is 1.27. The molecule has 1 amide bonds. The van der Waals surface area contributed by atoms with Gasteiger partial charge in [-0.25, -0.2) is 24.3 Å². The molecule has 0 aliphatic carbocycles. The van der Waals surface area contributed by atoms with Crippen LogP contribution in [0.25, 0.3) is 0 Å². The van der Waals surface area contributed by atoms with Gasteiger partial charge in [-0.1, -0.05) is 0 Å². The Bertz CT molecular complexity index is 517. The van der Waals surface area contributed by atoms with E-state index in [1.807, 2.05) is 60.7 Å². The van der Waals surface area contributed by atoms with E-state index in [-0.39, 0.29) is 23.0 Å². The minimum atomic E-state index is -0.338. The average molecular weight is 334 g/mol. The molecule has 0 bridgehead atoms. The molecule has 2 aromatic carbocycles. The van der Waals surface area contributed by atoms with Gasteiger partial charge in [-0.05, 0) is 12.1 Å². The Morgan fingerprint density at radius 2 is 1.45 bits per heavy atom. The molecule has 113 valence electrons. The Morgan fingerprint density at radius 3 is 1.77 bits per heavy atom. The zero-order chi connectivity index (χ0) is 15.2. The Labute approximate surface area is 141 Å². The van der Waals surface area contributed by atoms with Crippen LogP contribution in [0, 0.1) is 0 Å². The fraction of sp³-hybridized carbons (Fsp3) is 0. The first-order valence-electron chi connectivity index (χ1n) is 6.28. The first-order chi connectivity index (χ1) is 10.3. The van der Waals surface area contributed by atoms with E-state index in [1.165, 1.54) is 12.4 Å². The quantitative estimate of drug-likeness (QED) is 0.339. The molecular weight excluding hydrogens is 318 g/mol. The predicted octanol–water partition coefficient (Wildman–Crippen LogP) is 3.11. The number of carbonyl (C=O) groups is 1. The van der Waals surface area contributed by atoms with E-state index in [9.17, 15) is 4.79 Å². The molecule has 3 rings (SSSR count). The SMILES string of the molecule is [CH-]=NNC(=O)c1ccncc1.[Fe+3].c1cc[cH-]c1.c1cc[cH-]c1. The summed E-state index contributed by atoms with van der Waals surface area (Å²) in [6, 6.07) is 23.1. The maximum Gasteiger partial charge on any atom is 3.00 e. The van der Waals surface area contributed by atoms with Crippen molar-refractivity contribution in [2.75, 3.05) is 0 Å². The van der Waals surface area contributed by atoms with E-state index in [4.69, 9.17) is 6.72 Å². The van der Waals surface area contributed by atoms with Gasteiger partial charge in [-0.3, -0.25) is 15.2 Å². The van der Waals surface area contributed by atoms with Crippen molar-refractivity contribution < 1.29 is 21.9 Å². The second-order valence-electron chi connectivity index (χ2n) is 3.73. The first kappa shape index (κ1) is 19.5. The van der Waals surface area contributed by atoms with E-state index in [1.54, 1.807) is 12.1 Å². The summed E-state index contributed by atoms with van der Waals surface area (Å²) in [7, 11) is 0. The molecule has 0 spiro atoms. The molecule has 0 aliphatic rings. The Balaban J connectivity index is 0.000000334. The smallest absolute Gasteiger partial charge is 0.400 e. The third-order valence-corrected chi connectivity index (χ3v) is 2.22. The molecule has 1 heterocycles. The summed E-state index contributed by atoms with van der Waals surface area (Å²) in [5.41, 5.74) is 2.58. The van der Waals surface area contributed by atoms with Crippen LogP contribution >= 0.6 is 0 Å². The Hall–Kier alpha value is -2.49. The van der Waals surface area contributed by atoms with Crippen LogP contribution in [0.1, 0.15) is 10.4 Å². The molecule has 1 radical (unpaired) electrons. The molecule has 22 heavy (non-hydrogen) atoms. The van der Waals surface area contributed by atoms with E-state index < -0.39 is 0 Å². The van der Waals surface area contributed by atoms with Crippen LogP contribution in [-0.2, 0) is 17.1 Å². The monoisotopic (exact) mass is 334 g/mol. The van der Waals surface area contributed by atoms with E-state index in [0.29, 0.717) is 5.56 Å². The van der Waals surface area contributed by atoms with Crippen molar-refractivity contribution in [1.29, 1.82) is 0 Å². The molecule has 0 fully saturated rings. The molecule has 0 saturated heterocycles. The molecule has 1 N–H and O–H groups in total. The minimum absolute atomic E-state index is 0. The number of hydrogen-bond donors (Lipinski definition) is 1. The molecule has 0 atom stereocenters. The van der Waals surface area contributed by atoms with Gasteiger partial charge in [-0.2, -0.15) is 36.4 Å². The van der Waals surface area contributed by atoms with Crippen molar-refractivity contribution in [3.8, 4) is 0 Å². The maximum atomic E-state index is 10.9. The predicted molar refractivity (Wildman–Crippen MR) is 84.3 cm³/mol. The molecule has 4 nitrogen and oxygen atoms in total. The van der Waals surface area contributed by atoms with Crippen molar-refractivity contribution in [3.63, 3.8) is 0 Å². The maximum absolute atomic E-state index is 10.9. The van der Waals surface area contributed by atoms with Crippen LogP contribution < -0.4 is 5.43 Å². The number of amides is 1. The molecular formula is C17H16FeN3O. The van der Waals surface area contributed by atoms with Gasteiger partial charge >= 0.3 is 17.1 Å². The molecule has 0 unspecified atom stereocenters. The molecule has 5 heteroatoms. The zero-order valence-electron chi connectivity index (χ0n) is 11.8. The minimum Gasteiger partial charge on any atom is -0.400 e. The fourth-order valence-electron chi connectivity index (χ4n) is 1.27. The van der Waals surface area contributed by atoms with Gasteiger partial charge < -0.3 is 11.8 Å². The number of aromatic nitrogens is 1. The van der Waals surface area contributed by atoms with E-state index in [0.717, 1.165) is 0 Å². The van der Waals surface area contributed by atoms with Crippen LogP contribution in [0.3, 0.4) is 0 Å². The average Bonchev–Trinajstić information content (AvgIpc) is 3.26. The number of hydrogen-bond acceptors (Lipinski definition) is 3. The Kier molecular flexibility index (Phi) is 12.0. The summed E-state index contributed by atoms with van der Waals surface area (Å²) in [6.07, 6.45) is 3.04. The van der Waals surface area contributed by atoms with Crippen LogP contribution in [0.15, 0.2) is 90.3 Å². The number of nitrogens with zero attached hydrogens (tertiary/aromatic N) is 2. The van der Waals surface area contributed by atoms with Gasteiger partial charge in [0.1, 0.15) is 0 Å². The van der Waals surface area contributed by atoms with Gasteiger partial charge in [0.15, 0.2) is 0 Å². The van der Waals surface area contributed by atoms with Gasteiger partial charge in [-0.15, -0.1) is 0 Å². The number of rotatable bonds is 2. The third kappa shape index (κ3) is 9.42. The van der Waals surface area contributed by atoms with Crippen LogP contribution in [-0.4, -0.2) is 17.6 Å². The first-order valence-corrected chi connectivity index (χ1v) is 6.28. The zero-order valence-corrected chi connectivity index (χ0v) is 12.9. The summed E-state index contributed by atoms with van der Waals surface area (Å²) in [6.45, 7) is 4.74. The van der Waals surface area contributed by atoms with Crippen molar-refractivity contribution in [3.05, 3.63) is 90.8 Å². The van der Waals surface area contributed by atoms with Gasteiger partial charge in [0.25, 0.3) is 5.91 Å². The molecule has 3 aromatic rings. The van der Waals surface area contributed by atoms with Crippen molar-refractivity contribution in [1.82, 2.24) is 10.4 Å². The van der Waals surface area contributed by atoms with Gasteiger partial charge in [0.05, 0.1) is 0 Å². The Morgan fingerprint density at radius 1 is 1.00 bits per heavy atom. The van der Waals surface area contributed by atoms with Crippen molar-refractivity contribution >= 4 is 12.6 Å². The number of carbonyl (C=O) groups excluding carboxylic acids is 1. The largest absolute Gasteiger partial charge is 3.00 e. The summed E-state index contributed by atoms with van der Waals surface area (Å²) < 4.78 is 0. The number of pyridine rings is 1. The van der Waals surface area contributed by atoms with E-state index in [2.05, 4.69) is 15.5 Å². The van der Waals surface area contributed by atoms with E-state index >= 15 is 0 Å². The molecule has 0 saturated carbocycles. The topological polar surface area (TPSA) is 54.4 Å². The number of hydrazone groups is 1. The normalized spacial score (nSPS) is 8.00. The standard InChI is InChI=1S/C7H6N3O.2C5H5.Fe/c1-8-10-7(11)6-2-4-9-5-3-6;2*1-2-4-5-3-1;/h1-5H,(H,10,11);2*1-5H;/q3*-1;+3. The summed E-state index contributed by atoms with van der Waals surface area (Å²) >= 11 is 0. The summed E-state index contributed by atoms with van der Waals surface area (Å²) in [5.74, 6) is -0.338. The third-order valence-electron chi connectivity index (χ3n) is 2.22. The van der Waals surface area contributed by atoms with Gasteiger partial charge in [0.2, 0.25) is 0 Å². The van der Waals surface area contributed by atoms with Crippen LogP contribution in [0.5, 0.6) is 0 Å². The van der Waals surface area contributed by atoms with Gasteiger partial charge in [0, 0.05) is 18.0 Å². The van der Waals surface area contributed by atoms with Crippen LogP contribution in [0.4, 0.5) is 0 Å².